The first-order valence-electron chi connectivity index (χ1n) is 8.94. The van der Waals surface area contributed by atoms with Crippen molar-refractivity contribution in [3.05, 3.63) is 41.1 Å². The van der Waals surface area contributed by atoms with Crippen LogP contribution in [0.3, 0.4) is 0 Å². The number of anilines is 2. The fourth-order valence-electron chi connectivity index (χ4n) is 3.17. The van der Waals surface area contributed by atoms with Gasteiger partial charge >= 0.3 is 0 Å². The maximum atomic E-state index is 12.6. The summed E-state index contributed by atoms with van der Waals surface area (Å²) in [5.74, 6) is 0.937. The molecule has 1 aliphatic rings. The van der Waals surface area contributed by atoms with Crippen LogP contribution in [0.5, 0.6) is 0 Å². The van der Waals surface area contributed by atoms with Crippen molar-refractivity contribution in [3.8, 4) is 0 Å². The van der Waals surface area contributed by atoms with Crippen LogP contribution in [0.2, 0.25) is 5.02 Å². The molecule has 0 atom stereocenters. The minimum Gasteiger partial charge on any atom is -0.368 e. The van der Waals surface area contributed by atoms with Gasteiger partial charge in [-0.05, 0) is 25.1 Å². The second kappa shape index (κ2) is 8.43. The van der Waals surface area contributed by atoms with Crippen LogP contribution in [-0.2, 0) is 9.59 Å². The van der Waals surface area contributed by atoms with E-state index in [0.29, 0.717) is 29.7 Å². The molecular weight excluding hydrogens is 368 g/mol. The fraction of sp³-hybridized carbons (Fsp3) is 0.421. The van der Waals surface area contributed by atoms with Crippen LogP contribution in [0.4, 0.5) is 11.5 Å². The van der Waals surface area contributed by atoms with Gasteiger partial charge in [-0.3, -0.25) is 14.5 Å². The molecule has 0 unspecified atom stereocenters. The average Bonchev–Trinajstić information content (AvgIpc) is 3.07. The molecule has 7 nitrogen and oxygen atoms in total. The molecule has 3 rings (SSSR count). The fourth-order valence-corrected chi connectivity index (χ4v) is 3.35. The summed E-state index contributed by atoms with van der Waals surface area (Å²) in [4.78, 5) is 30.0. The molecule has 0 aliphatic carbocycles. The topological polar surface area (TPSA) is 69.9 Å². The molecule has 1 aromatic heterocycles. The van der Waals surface area contributed by atoms with Crippen molar-refractivity contribution in [1.82, 2.24) is 10.1 Å². The molecule has 0 N–H and O–H groups in total. The Morgan fingerprint density at radius 2 is 1.96 bits per heavy atom. The van der Waals surface area contributed by atoms with Crippen LogP contribution in [-0.4, -0.2) is 54.6 Å². The monoisotopic (exact) mass is 390 g/mol. The highest BCUT2D eigenvalue weighted by atomic mass is 35.5. The number of aryl methyl sites for hydroxylation is 1. The zero-order chi connectivity index (χ0) is 19.4. The molecule has 0 radical (unpaired) electrons. The third kappa shape index (κ3) is 4.80. The van der Waals surface area contributed by atoms with Gasteiger partial charge in [0, 0.05) is 62.8 Å². The first kappa shape index (κ1) is 19.2. The number of hydrogen-bond acceptors (Lipinski definition) is 5. The van der Waals surface area contributed by atoms with Gasteiger partial charge in [0.05, 0.1) is 0 Å². The molecule has 1 saturated heterocycles. The van der Waals surface area contributed by atoms with E-state index in [4.69, 9.17) is 16.1 Å². The van der Waals surface area contributed by atoms with Crippen molar-refractivity contribution in [1.29, 1.82) is 0 Å². The molecule has 8 heteroatoms. The first-order chi connectivity index (χ1) is 12.9. The van der Waals surface area contributed by atoms with Crippen molar-refractivity contribution in [3.63, 3.8) is 0 Å². The van der Waals surface area contributed by atoms with Crippen LogP contribution in [0.25, 0.3) is 0 Å². The van der Waals surface area contributed by atoms with Crippen molar-refractivity contribution < 1.29 is 14.1 Å². The van der Waals surface area contributed by atoms with E-state index in [1.54, 1.807) is 13.0 Å². The summed E-state index contributed by atoms with van der Waals surface area (Å²) in [7, 11) is 0. The van der Waals surface area contributed by atoms with Gasteiger partial charge < -0.3 is 14.3 Å². The van der Waals surface area contributed by atoms with Gasteiger partial charge in [-0.2, -0.15) is 0 Å². The number of hydrogen-bond donors (Lipinski definition) is 0. The molecular formula is C19H23ClN4O3. The summed E-state index contributed by atoms with van der Waals surface area (Å²) < 4.78 is 5.03. The van der Waals surface area contributed by atoms with Gasteiger partial charge in [-0.25, -0.2) is 0 Å². The second-order valence-electron chi connectivity index (χ2n) is 6.56. The smallest absolute Gasteiger partial charge is 0.225 e. The van der Waals surface area contributed by atoms with Crippen molar-refractivity contribution in [2.45, 2.75) is 20.3 Å². The molecule has 0 bridgehead atoms. The Bertz CT molecular complexity index is 815. The summed E-state index contributed by atoms with van der Waals surface area (Å²) in [5, 5.41) is 4.57. The van der Waals surface area contributed by atoms with Crippen LogP contribution in [0.1, 0.15) is 19.1 Å². The van der Waals surface area contributed by atoms with E-state index in [9.17, 15) is 9.59 Å². The molecule has 144 valence electrons. The zero-order valence-corrected chi connectivity index (χ0v) is 16.3. The molecule has 1 aliphatic heterocycles. The number of carbonyl (C=O) groups is 2. The summed E-state index contributed by atoms with van der Waals surface area (Å²) in [6, 6.07) is 9.42. The lowest BCUT2D eigenvalue weighted by atomic mass is 10.2. The van der Waals surface area contributed by atoms with Crippen molar-refractivity contribution >= 4 is 34.9 Å². The number of nitrogens with zero attached hydrogens (tertiary/aromatic N) is 4. The van der Waals surface area contributed by atoms with E-state index in [0.717, 1.165) is 18.8 Å². The molecule has 1 aromatic carbocycles. The maximum absolute atomic E-state index is 12.6. The Morgan fingerprint density at radius 1 is 1.22 bits per heavy atom. The molecule has 2 aromatic rings. The molecule has 2 heterocycles. The lowest BCUT2D eigenvalue weighted by Crippen LogP contribution is -2.49. The predicted molar refractivity (Wildman–Crippen MR) is 104 cm³/mol. The largest absolute Gasteiger partial charge is 0.368 e. The Morgan fingerprint density at radius 3 is 2.56 bits per heavy atom. The minimum absolute atomic E-state index is 0.0345. The van der Waals surface area contributed by atoms with E-state index in [-0.39, 0.29) is 24.8 Å². The van der Waals surface area contributed by atoms with E-state index >= 15 is 0 Å². The standard InChI is InChI=1S/C19H23ClN4O3/c1-14-12-18(21-27-14)24(15(2)25)7-6-19(26)23-10-8-22(9-11-23)17-5-3-4-16(20)13-17/h3-5,12-13H,6-11H2,1-2H3. The molecule has 27 heavy (non-hydrogen) atoms. The Balaban J connectivity index is 1.52. The number of rotatable bonds is 5. The highest BCUT2D eigenvalue weighted by Gasteiger charge is 2.23. The van der Waals surface area contributed by atoms with Gasteiger partial charge in [0.15, 0.2) is 5.82 Å². The summed E-state index contributed by atoms with van der Waals surface area (Å²) >= 11 is 6.06. The predicted octanol–water partition coefficient (Wildman–Crippen LogP) is 2.73. The third-order valence-electron chi connectivity index (χ3n) is 4.63. The van der Waals surface area contributed by atoms with Crippen molar-refractivity contribution in [2.24, 2.45) is 0 Å². The first-order valence-corrected chi connectivity index (χ1v) is 9.31. The van der Waals surface area contributed by atoms with Crippen LogP contribution < -0.4 is 9.80 Å². The minimum atomic E-state index is -0.165. The van der Waals surface area contributed by atoms with Gasteiger partial charge in [-0.1, -0.05) is 22.8 Å². The molecule has 0 saturated carbocycles. The molecule has 0 spiro atoms. The van der Waals surface area contributed by atoms with Crippen LogP contribution >= 0.6 is 11.6 Å². The van der Waals surface area contributed by atoms with Gasteiger partial charge in [-0.15, -0.1) is 0 Å². The third-order valence-corrected chi connectivity index (χ3v) is 4.86. The number of piperazine rings is 1. The Hall–Kier alpha value is -2.54. The van der Waals surface area contributed by atoms with Crippen molar-refractivity contribution in [2.75, 3.05) is 42.5 Å². The Kier molecular flexibility index (Phi) is 6.01. The van der Waals surface area contributed by atoms with E-state index in [1.165, 1.54) is 11.8 Å². The Labute approximate surface area is 163 Å². The number of amides is 2. The van der Waals surface area contributed by atoms with E-state index in [1.807, 2.05) is 29.2 Å². The van der Waals surface area contributed by atoms with Crippen LogP contribution in [0.15, 0.2) is 34.9 Å². The summed E-state index contributed by atoms with van der Waals surface area (Å²) in [6.07, 6.45) is 0.253. The molecule has 1 fully saturated rings. The summed E-state index contributed by atoms with van der Waals surface area (Å²) in [5.41, 5.74) is 1.07. The van der Waals surface area contributed by atoms with Gasteiger partial charge in [0.25, 0.3) is 0 Å². The normalized spacial score (nSPS) is 14.3. The maximum Gasteiger partial charge on any atom is 0.225 e. The van der Waals surface area contributed by atoms with Gasteiger partial charge in [0.2, 0.25) is 11.8 Å². The van der Waals surface area contributed by atoms with Crippen LogP contribution in [0, 0.1) is 6.92 Å². The van der Waals surface area contributed by atoms with Gasteiger partial charge in [0.1, 0.15) is 5.76 Å². The highest BCUT2D eigenvalue weighted by molar-refractivity contribution is 6.30. The quantitative estimate of drug-likeness (QED) is 0.785. The second-order valence-corrected chi connectivity index (χ2v) is 7.00. The van der Waals surface area contributed by atoms with E-state index in [2.05, 4.69) is 10.1 Å². The average molecular weight is 391 g/mol. The zero-order valence-electron chi connectivity index (χ0n) is 15.5. The lowest BCUT2D eigenvalue weighted by molar-refractivity contribution is -0.131. The highest BCUT2D eigenvalue weighted by Crippen LogP contribution is 2.21. The van der Waals surface area contributed by atoms with E-state index < -0.39 is 0 Å². The molecule has 2 amide bonds. The number of benzene rings is 1. The number of aromatic nitrogens is 1. The number of halogens is 1. The SMILES string of the molecule is CC(=O)N(CCC(=O)N1CCN(c2cccc(Cl)c2)CC1)c1cc(C)on1. The summed E-state index contributed by atoms with van der Waals surface area (Å²) in [6.45, 7) is 6.31. The number of carbonyl (C=O) groups excluding carboxylic acids is 2. The lowest BCUT2D eigenvalue weighted by Gasteiger charge is -2.36.